The van der Waals surface area contributed by atoms with Gasteiger partial charge in [-0.2, -0.15) is 0 Å². The Kier molecular flexibility index (Phi) is 5.74. The predicted molar refractivity (Wildman–Crippen MR) is 90.6 cm³/mol. The third-order valence-electron chi connectivity index (χ3n) is 2.95. The first-order valence-corrected chi connectivity index (χ1v) is 8.98. The Bertz CT molecular complexity index is 509. The highest BCUT2D eigenvalue weighted by molar-refractivity contribution is 9.10. The summed E-state index contributed by atoms with van der Waals surface area (Å²) in [5, 5.41) is 3.52. The van der Waals surface area contributed by atoms with Crippen LogP contribution in [0.1, 0.15) is 39.2 Å². The van der Waals surface area contributed by atoms with E-state index in [-0.39, 0.29) is 5.97 Å². The quantitative estimate of drug-likeness (QED) is 0.602. The molecule has 1 aromatic rings. The zero-order chi connectivity index (χ0) is 15.5. The van der Waals surface area contributed by atoms with Crippen molar-refractivity contribution < 1.29 is 9.53 Å². The van der Waals surface area contributed by atoms with Crippen molar-refractivity contribution in [3.63, 3.8) is 0 Å². The summed E-state index contributed by atoms with van der Waals surface area (Å²) in [6.45, 7) is 6.52. The highest BCUT2D eigenvalue weighted by atomic mass is 79.9. The highest BCUT2D eigenvalue weighted by Crippen LogP contribution is 2.28. The second kappa shape index (κ2) is 7.16. The van der Waals surface area contributed by atoms with Gasteiger partial charge in [-0.05, 0) is 57.4 Å². The van der Waals surface area contributed by atoms with Crippen LogP contribution in [0.5, 0.6) is 0 Å². The van der Waals surface area contributed by atoms with E-state index in [1.807, 2.05) is 26.8 Å². The van der Waals surface area contributed by atoms with Gasteiger partial charge < -0.3 is 10.1 Å². The van der Waals surface area contributed by atoms with E-state index in [0.29, 0.717) is 11.8 Å². The van der Waals surface area contributed by atoms with Gasteiger partial charge in [0, 0.05) is 22.0 Å². The van der Waals surface area contributed by atoms with Gasteiger partial charge in [-0.25, -0.2) is 0 Å². The maximum absolute atomic E-state index is 11.8. The molecule has 0 heterocycles. The number of ether oxygens (including phenoxy) is 1. The van der Waals surface area contributed by atoms with Crippen LogP contribution in [0.15, 0.2) is 27.6 Å². The number of esters is 1. The van der Waals surface area contributed by atoms with Crippen LogP contribution in [0.25, 0.3) is 0 Å². The lowest BCUT2D eigenvalue weighted by atomic mass is 10.2. The minimum absolute atomic E-state index is 0.170. The van der Waals surface area contributed by atoms with E-state index in [9.17, 15) is 4.79 Å². The number of hydrogen-bond donors (Lipinski definition) is 1. The van der Waals surface area contributed by atoms with E-state index in [2.05, 4.69) is 33.4 Å². The Balaban J connectivity index is 1.93. The number of carbonyl (C=O) groups is 1. The molecule has 0 aromatic heterocycles. The lowest BCUT2D eigenvalue weighted by Crippen LogP contribution is -2.25. The summed E-state index contributed by atoms with van der Waals surface area (Å²) in [4.78, 5) is 13.0. The molecule has 3 nitrogen and oxygen atoms in total. The van der Waals surface area contributed by atoms with E-state index in [0.717, 1.165) is 15.9 Å². The van der Waals surface area contributed by atoms with Crippen LogP contribution in [0, 0.1) is 0 Å². The van der Waals surface area contributed by atoms with Crippen molar-refractivity contribution in [1.29, 1.82) is 0 Å². The standard InChI is InChI=1S/C16H22BrNO2S/c1-16(2,3)20-15(19)10-21-14-7-4-12(17)8-11(14)9-18-13-5-6-13/h4,7-8,13,18H,5-6,9-10H2,1-3H3. The molecule has 0 spiro atoms. The van der Waals surface area contributed by atoms with E-state index >= 15 is 0 Å². The number of hydrogen-bond acceptors (Lipinski definition) is 4. The Morgan fingerprint density at radius 1 is 1.43 bits per heavy atom. The Hall–Kier alpha value is -0.520. The van der Waals surface area contributed by atoms with Crippen LogP contribution in [0.2, 0.25) is 0 Å². The molecule has 0 bridgehead atoms. The fourth-order valence-corrected chi connectivity index (χ4v) is 3.10. The van der Waals surface area contributed by atoms with Crippen molar-refractivity contribution in [2.24, 2.45) is 0 Å². The van der Waals surface area contributed by atoms with Crippen molar-refractivity contribution in [2.75, 3.05) is 5.75 Å². The van der Waals surface area contributed by atoms with Crippen LogP contribution in [-0.4, -0.2) is 23.4 Å². The first-order valence-electron chi connectivity index (χ1n) is 7.20. The van der Waals surface area contributed by atoms with Crippen molar-refractivity contribution in [3.8, 4) is 0 Å². The average Bonchev–Trinajstić information content (AvgIpc) is 3.17. The molecule has 0 saturated heterocycles. The van der Waals surface area contributed by atoms with Gasteiger partial charge in [-0.1, -0.05) is 15.9 Å². The van der Waals surface area contributed by atoms with Gasteiger partial charge in [0.1, 0.15) is 5.60 Å². The molecule has 21 heavy (non-hydrogen) atoms. The molecular weight excluding hydrogens is 350 g/mol. The number of thioether (sulfide) groups is 1. The second-order valence-corrected chi connectivity index (χ2v) is 8.22. The summed E-state index contributed by atoms with van der Waals surface area (Å²) in [6, 6.07) is 6.86. The van der Waals surface area contributed by atoms with E-state index in [4.69, 9.17) is 4.74 Å². The number of rotatable bonds is 6. The van der Waals surface area contributed by atoms with Crippen LogP contribution in [-0.2, 0) is 16.1 Å². The van der Waals surface area contributed by atoms with Gasteiger partial charge in [-0.15, -0.1) is 11.8 Å². The molecule has 116 valence electrons. The fourth-order valence-electron chi connectivity index (χ4n) is 1.88. The molecule has 2 rings (SSSR count). The molecule has 1 aliphatic carbocycles. The van der Waals surface area contributed by atoms with Crippen LogP contribution < -0.4 is 5.32 Å². The highest BCUT2D eigenvalue weighted by Gasteiger charge is 2.21. The number of carbonyl (C=O) groups excluding carboxylic acids is 1. The summed E-state index contributed by atoms with van der Waals surface area (Å²) in [7, 11) is 0. The van der Waals surface area contributed by atoms with Crippen LogP contribution >= 0.6 is 27.7 Å². The third-order valence-corrected chi connectivity index (χ3v) is 4.53. The second-order valence-electron chi connectivity index (χ2n) is 6.28. The molecule has 1 saturated carbocycles. The minimum atomic E-state index is -0.423. The zero-order valence-corrected chi connectivity index (χ0v) is 15.1. The van der Waals surface area contributed by atoms with Crippen LogP contribution in [0.3, 0.4) is 0 Å². The van der Waals surface area contributed by atoms with Crippen molar-refractivity contribution in [2.45, 2.75) is 56.7 Å². The Morgan fingerprint density at radius 3 is 2.76 bits per heavy atom. The van der Waals surface area contributed by atoms with Gasteiger partial charge >= 0.3 is 5.97 Å². The van der Waals surface area contributed by atoms with Gasteiger partial charge in [0.25, 0.3) is 0 Å². The molecule has 1 aromatic carbocycles. The molecule has 0 unspecified atom stereocenters. The monoisotopic (exact) mass is 371 g/mol. The molecule has 0 amide bonds. The molecule has 1 aliphatic rings. The summed E-state index contributed by atoms with van der Waals surface area (Å²) >= 11 is 5.05. The van der Waals surface area contributed by atoms with E-state index in [1.165, 1.54) is 18.4 Å². The zero-order valence-electron chi connectivity index (χ0n) is 12.7. The third kappa shape index (κ3) is 6.41. The normalized spacial score (nSPS) is 15.0. The van der Waals surface area contributed by atoms with E-state index < -0.39 is 5.60 Å². The smallest absolute Gasteiger partial charge is 0.316 e. The number of benzene rings is 1. The molecule has 1 fully saturated rings. The average molecular weight is 372 g/mol. The van der Waals surface area contributed by atoms with Crippen molar-refractivity contribution >= 4 is 33.7 Å². The fraction of sp³-hybridized carbons (Fsp3) is 0.562. The maximum atomic E-state index is 11.8. The van der Waals surface area contributed by atoms with Gasteiger partial charge in [0.05, 0.1) is 5.75 Å². The Morgan fingerprint density at radius 2 is 2.14 bits per heavy atom. The van der Waals surface area contributed by atoms with Gasteiger partial charge in [0.2, 0.25) is 0 Å². The maximum Gasteiger partial charge on any atom is 0.316 e. The van der Waals surface area contributed by atoms with Crippen molar-refractivity contribution in [1.82, 2.24) is 5.32 Å². The Labute approximate surface area is 139 Å². The molecule has 0 atom stereocenters. The molecule has 5 heteroatoms. The predicted octanol–water partition coefficient (Wildman–Crippen LogP) is 4.13. The number of halogens is 1. The summed E-state index contributed by atoms with van der Waals surface area (Å²) in [5.74, 6) is 0.173. The minimum Gasteiger partial charge on any atom is -0.459 e. The van der Waals surface area contributed by atoms with Crippen LogP contribution in [0.4, 0.5) is 0 Å². The molecule has 1 N–H and O–H groups in total. The lowest BCUT2D eigenvalue weighted by Gasteiger charge is -2.19. The molecule has 0 radical (unpaired) electrons. The first-order chi connectivity index (χ1) is 9.83. The molecule has 0 aliphatic heterocycles. The lowest BCUT2D eigenvalue weighted by molar-refractivity contribution is -0.151. The number of nitrogens with one attached hydrogen (secondary N) is 1. The largest absolute Gasteiger partial charge is 0.459 e. The summed E-state index contributed by atoms with van der Waals surface area (Å²) in [5.41, 5.74) is 0.804. The SMILES string of the molecule is CC(C)(C)OC(=O)CSc1ccc(Br)cc1CNC1CC1. The topological polar surface area (TPSA) is 38.3 Å². The molecular formula is C16H22BrNO2S. The van der Waals surface area contributed by atoms with Crippen molar-refractivity contribution in [3.05, 3.63) is 28.2 Å². The van der Waals surface area contributed by atoms with Gasteiger partial charge in [-0.3, -0.25) is 4.79 Å². The van der Waals surface area contributed by atoms with Gasteiger partial charge in [0.15, 0.2) is 0 Å². The van der Waals surface area contributed by atoms with E-state index in [1.54, 1.807) is 11.8 Å². The first kappa shape index (κ1) is 16.8. The summed E-state index contributed by atoms with van der Waals surface area (Å²) < 4.78 is 6.41. The summed E-state index contributed by atoms with van der Waals surface area (Å²) in [6.07, 6.45) is 2.54.